The van der Waals surface area contributed by atoms with Crippen molar-refractivity contribution >= 4 is 34.5 Å². The van der Waals surface area contributed by atoms with Crippen LogP contribution >= 0.6 is 11.3 Å². The third kappa shape index (κ3) is 11.2. The van der Waals surface area contributed by atoms with Crippen LogP contribution in [0.1, 0.15) is 57.0 Å². The molecule has 1 unspecified atom stereocenters. The van der Waals surface area contributed by atoms with E-state index in [-0.39, 0.29) is 17.0 Å². The lowest BCUT2D eigenvalue weighted by Gasteiger charge is -2.44. The summed E-state index contributed by atoms with van der Waals surface area (Å²) in [6.07, 6.45) is 1.47. The number of hydrogen-bond acceptors (Lipinski definition) is 13. The maximum atomic E-state index is 15.8. The average Bonchev–Trinajstić information content (AvgIpc) is 3.65. The van der Waals surface area contributed by atoms with Crippen LogP contribution in [0.5, 0.6) is 5.75 Å². The number of alkyl carbamates (subject to hydrolysis) is 1. The van der Waals surface area contributed by atoms with Crippen LogP contribution in [0.25, 0.3) is 16.1 Å². The fraction of sp³-hybridized carbons (Fsp3) is 0.489. The number of phenols is 1. The van der Waals surface area contributed by atoms with E-state index in [2.05, 4.69) is 90.2 Å². The molecule has 332 valence electrons. The lowest BCUT2D eigenvalue weighted by Crippen LogP contribution is -2.62. The van der Waals surface area contributed by atoms with E-state index in [0.717, 1.165) is 98.4 Å². The maximum absolute atomic E-state index is 15.8. The minimum Gasteiger partial charge on any atom is -0.507 e. The number of azo groups is 1. The van der Waals surface area contributed by atoms with Crippen LogP contribution in [-0.2, 0) is 17.8 Å². The van der Waals surface area contributed by atoms with Crippen LogP contribution in [0.4, 0.5) is 20.6 Å². The molecular weight excluding hydrogens is 804 g/mol. The van der Waals surface area contributed by atoms with Crippen LogP contribution in [-0.4, -0.2) is 121 Å². The zero-order chi connectivity index (χ0) is 44.2. The molecule has 7 rings (SSSR count). The van der Waals surface area contributed by atoms with Crippen molar-refractivity contribution in [3.8, 4) is 16.2 Å². The Morgan fingerprint density at radius 2 is 1.71 bits per heavy atom. The van der Waals surface area contributed by atoms with Crippen molar-refractivity contribution in [3.05, 3.63) is 100 Å². The van der Waals surface area contributed by atoms with Gasteiger partial charge in [-0.15, -0.1) is 11.3 Å². The van der Waals surface area contributed by atoms with Crippen LogP contribution < -0.4 is 20.9 Å². The van der Waals surface area contributed by atoms with Crippen molar-refractivity contribution in [2.75, 3.05) is 88.8 Å². The molecule has 3 aromatic carbocycles. The Morgan fingerprint density at radius 1 is 0.984 bits per heavy atom. The number of aryl methyl sites for hydroxylation is 1. The van der Waals surface area contributed by atoms with Gasteiger partial charge in [-0.1, -0.05) is 44.2 Å². The molecule has 4 heterocycles. The number of aromatic nitrogens is 1. The molecule has 3 aliphatic rings. The van der Waals surface area contributed by atoms with Crippen molar-refractivity contribution in [3.63, 3.8) is 0 Å². The maximum Gasteiger partial charge on any atom is 0.407 e. The number of halogens is 1. The number of carbonyl (C=O) groups is 1. The molecule has 13 nitrogen and oxygen atoms in total. The molecule has 1 aromatic heterocycles. The first-order chi connectivity index (χ1) is 29.4. The van der Waals surface area contributed by atoms with Gasteiger partial charge in [0.05, 0.1) is 34.0 Å². The van der Waals surface area contributed by atoms with Crippen LogP contribution in [0, 0.1) is 18.2 Å². The number of rotatable bonds is 13. The molecule has 0 radical (unpaired) electrons. The first kappa shape index (κ1) is 45.1. The number of carbonyl (C=O) groups excluding carboxylic acids is 1. The topological polar surface area (TPSA) is 138 Å². The number of nitrogens with one attached hydrogen (secondary N) is 1. The van der Waals surface area contributed by atoms with Gasteiger partial charge in [0, 0.05) is 96.8 Å². The third-order valence-corrected chi connectivity index (χ3v) is 12.8. The molecule has 0 aliphatic carbocycles. The summed E-state index contributed by atoms with van der Waals surface area (Å²) < 4.78 is 21.3. The molecule has 3 aliphatic heterocycles. The van der Waals surface area contributed by atoms with Crippen molar-refractivity contribution in [1.82, 2.24) is 25.0 Å². The molecule has 4 aromatic rings. The first-order valence-corrected chi connectivity index (χ1v) is 22.5. The number of aromatic hydroxyl groups is 1. The van der Waals surface area contributed by atoms with E-state index in [1.54, 1.807) is 29.5 Å². The summed E-state index contributed by atoms with van der Waals surface area (Å²) in [5, 5.41) is 21.9. The first-order valence-electron chi connectivity index (χ1n) is 21.6. The van der Waals surface area contributed by atoms with Gasteiger partial charge >= 0.3 is 6.09 Å². The van der Waals surface area contributed by atoms with Gasteiger partial charge in [-0.3, -0.25) is 14.7 Å². The molecule has 1 atom stereocenters. The highest BCUT2D eigenvalue weighted by Crippen LogP contribution is 2.35. The fourth-order valence-corrected chi connectivity index (χ4v) is 9.64. The number of benzene rings is 3. The minimum atomic E-state index is -0.794. The summed E-state index contributed by atoms with van der Waals surface area (Å²) in [5.74, 6) is -0.0316. The highest BCUT2D eigenvalue weighted by Gasteiger charge is 2.36. The average molecular weight is 867 g/mol. The van der Waals surface area contributed by atoms with Gasteiger partial charge in [0.1, 0.15) is 22.8 Å². The number of hydrogen-bond donors (Lipinski definition) is 3. The second kappa shape index (κ2) is 18.8. The number of thiazole rings is 1. The minimum absolute atomic E-state index is 0.0698. The van der Waals surface area contributed by atoms with Crippen molar-refractivity contribution < 1.29 is 19.0 Å². The predicted octanol–water partition coefficient (Wildman–Crippen LogP) is 7.55. The van der Waals surface area contributed by atoms with Crippen LogP contribution in [0.15, 0.2) is 82.5 Å². The number of ether oxygens (including phenoxy) is 1. The number of nitrogens with two attached hydrogens (primary N) is 1. The van der Waals surface area contributed by atoms with Gasteiger partial charge in [0.25, 0.3) is 0 Å². The quantitative estimate of drug-likeness (QED) is 0.124. The molecule has 15 heteroatoms. The standard InChI is InChI=1S/C47H63FN10O3S/c1-33-43(62-32-51-33)35-13-14-36(27-50-44(60)61-45(2,3)4)41(25-35)54(7)30-46(5,6)31-56-16-20-57(21-17-56)40-15-12-34(24-38(40)48)28-55-18-22-58(23-19-55)47(49)26-39(53-52-29-47)37-10-8-9-11-42(37)59/h8-15,24-26,32,59H,16-23,27-31,49H2,1-7H3,(H,50,60). The summed E-state index contributed by atoms with van der Waals surface area (Å²) in [6, 6.07) is 19.2. The smallest absolute Gasteiger partial charge is 0.407 e. The van der Waals surface area contributed by atoms with Crippen LogP contribution in [0.3, 0.4) is 0 Å². The molecule has 62 heavy (non-hydrogen) atoms. The number of phenolic OH excluding ortho intramolecular Hbond substituents is 1. The fourth-order valence-electron chi connectivity index (χ4n) is 8.83. The monoisotopic (exact) mass is 866 g/mol. The van der Waals surface area contributed by atoms with E-state index in [9.17, 15) is 9.90 Å². The zero-order valence-corrected chi connectivity index (χ0v) is 38.1. The summed E-state index contributed by atoms with van der Waals surface area (Å²) in [5.41, 5.74) is 14.3. The van der Waals surface area contributed by atoms with E-state index in [0.29, 0.717) is 36.6 Å². The van der Waals surface area contributed by atoms with Crippen LogP contribution in [0.2, 0.25) is 0 Å². The SMILES string of the molecule is Cc1ncsc1-c1ccc(CNC(=O)OC(C)(C)C)c(N(C)CC(C)(C)CN2CCN(c3ccc(CN4CCN(C5(N)C=C(c6ccccc6O)N=NC5)CC4)cc3F)CC2)c1. The lowest BCUT2D eigenvalue weighted by molar-refractivity contribution is 0.0523. The number of para-hydroxylation sites is 1. The largest absolute Gasteiger partial charge is 0.507 e. The van der Waals surface area contributed by atoms with E-state index in [4.69, 9.17) is 10.5 Å². The van der Waals surface area contributed by atoms with E-state index in [1.807, 2.05) is 57.5 Å². The second-order valence-electron chi connectivity index (χ2n) is 18.7. The highest BCUT2D eigenvalue weighted by molar-refractivity contribution is 7.13. The van der Waals surface area contributed by atoms with Gasteiger partial charge in [0.15, 0.2) is 0 Å². The summed E-state index contributed by atoms with van der Waals surface area (Å²) in [7, 11) is 2.12. The Kier molecular flexibility index (Phi) is 13.7. The van der Waals surface area contributed by atoms with Gasteiger partial charge in [0.2, 0.25) is 0 Å². The predicted molar refractivity (Wildman–Crippen MR) is 247 cm³/mol. The molecule has 2 saturated heterocycles. The number of anilines is 2. The van der Waals surface area contributed by atoms with E-state index < -0.39 is 17.4 Å². The Balaban J connectivity index is 0.908. The third-order valence-electron chi connectivity index (χ3n) is 11.8. The molecule has 0 bridgehead atoms. The van der Waals surface area contributed by atoms with E-state index >= 15 is 4.39 Å². The molecule has 2 fully saturated rings. The van der Waals surface area contributed by atoms with Gasteiger partial charge in [-0.25, -0.2) is 14.2 Å². The number of amides is 1. The summed E-state index contributed by atoms with van der Waals surface area (Å²) >= 11 is 1.63. The number of piperazine rings is 2. The van der Waals surface area contributed by atoms with E-state index in [1.165, 1.54) is 0 Å². The molecule has 4 N–H and O–H groups in total. The number of nitrogens with zero attached hydrogens (tertiary/aromatic N) is 8. The summed E-state index contributed by atoms with van der Waals surface area (Å²) in [6.45, 7) is 21.5. The van der Waals surface area contributed by atoms with Crippen molar-refractivity contribution in [2.24, 2.45) is 21.4 Å². The molecular formula is C47H63FN10O3S. The van der Waals surface area contributed by atoms with Gasteiger partial charge in [-0.05, 0) is 86.2 Å². The zero-order valence-electron chi connectivity index (χ0n) is 37.3. The normalized spacial score (nSPS) is 19.4. The summed E-state index contributed by atoms with van der Waals surface area (Å²) in [4.78, 5) is 29.7. The van der Waals surface area contributed by atoms with Gasteiger partial charge in [-0.2, -0.15) is 10.2 Å². The van der Waals surface area contributed by atoms with Crippen molar-refractivity contribution in [1.29, 1.82) is 0 Å². The molecule has 0 saturated carbocycles. The Labute approximate surface area is 370 Å². The van der Waals surface area contributed by atoms with Gasteiger partial charge < -0.3 is 30.7 Å². The Bertz CT molecular complexity index is 2260. The van der Waals surface area contributed by atoms with Crippen molar-refractivity contribution in [2.45, 2.75) is 65.9 Å². The lowest BCUT2D eigenvalue weighted by atomic mass is 9.91. The molecule has 1 amide bonds. The Hall–Kier alpha value is -4.93. The second-order valence-corrected chi connectivity index (χ2v) is 19.6. The highest BCUT2D eigenvalue weighted by atomic mass is 32.1. The molecule has 0 spiro atoms. The Morgan fingerprint density at radius 3 is 2.39 bits per heavy atom.